The SMILES string of the molecule is CC(=O)O.CC(=O)OC(C)=O.CC(=O)c1ccc(Br)cc1.CN(C)c1ccc(C=O)cc1.C[N+](C)=C1C=CC(=CC=C2C=C(c3ccc(Br)cc3)C=C(c3ccc(Br)cc3)O2)C=C1.Cc1cc(-c2ccc(Br)cc2)cc(-c2ccc(Br)cc2)[o+]1.F[B-](F)(F)F.F[B-](F)(F)F. The molecule has 94 heavy (non-hydrogen) atoms. The van der Waals surface area contributed by atoms with Gasteiger partial charge in [0, 0.05) is 103 Å². The first kappa shape index (κ1) is 82.2. The highest BCUT2D eigenvalue weighted by molar-refractivity contribution is 9.11. The summed E-state index contributed by atoms with van der Waals surface area (Å²) in [6, 6.07) is 51.9. The molecule has 26 heteroatoms. The minimum Gasteiger partial charge on any atom is -0.481 e. The van der Waals surface area contributed by atoms with Gasteiger partial charge in [0.15, 0.2) is 11.5 Å². The topological polar surface area (TPSA) is 142 Å². The number of aryl methyl sites for hydroxylation is 1. The van der Waals surface area contributed by atoms with Crippen molar-refractivity contribution in [2.24, 2.45) is 0 Å². The minimum atomic E-state index is -6.00. The van der Waals surface area contributed by atoms with Crippen molar-refractivity contribution in [3.8, 4) is 22.5 Å². The average Bonchev–Trinajstić information content (AvgIpc) is 0.830. The van der Waals surface area contributed by atoms with Gasteiger partial charge in [0.2, 0.25) is 0 Å². The number of carbonyl (C=O) groups excluding carboxylic acids is 4. The van der Waals surface area contributed by atoms with Crippen LogP contribution >= 0.6 is 79.6 Å². The maximum absolute atomic E-state index is 10.7. The molecule has 2 heterocycles. The Hall–Kier alpha value is -7.90. The van der Waals surface area contributed by atoms with Gasteiger partial charge in [-0.25, -0.2) is 8.99 Å². The molecule has 0 saturated heterocycles. The molecule has 0 radical (unpaired) electrons. The predicted molar refractivity (Wildman–Crippen MR) is 377 cm³/mol. The number of carboxylic acids is 1. The molecule has 7 aromatic rings. The lowest BCUT2D eigenvalue weighted by molar-refractivity contribution is -0.462. The number of halogens is 13. The summed E-state index contributed by atoms with van der Waals surface area (Å²) in [6.45, 7) is 6.98. The molecule has 1 aromatic heterocycles. The zero-order chi connectivity index (χ0) is 70.9. The molecule has 0 saturated carbocycles. The van der Waals surface area contributed by atoms with Gasteiger partial charge in [-0.3, -0.25) is 24.0 Å². The number of hydrogen-bond donors (Lipinski definition) is 1. The number of aliphatic carboxylic acids is 1. The zero-order valence-electron chi connectivity index (χ0n) is 51.9. The van der Waals surface area contributed by atoms with Crippen LogP contribution in [0.2, 0.25) is 0 Å². The molecule has 2 aliphatic rings. The van der Waals surface area contributed by atoms with E-state index in [-0.39, 0.29) is 5.78 Å². The summed E-state index contributed by atoms with van der Waals surface area (Å²) in [5.74, 6) is 1.55. The van der Waals surface area contributed by atoms with Crippen LogP contribution in [-0.4, -0.2) is 88.1 Å². The second kappa shape index (κ2) is 41.7. The quantitative estimate of drug-likeness (QED) is 0.0228. The van der Waals surface area contributed by atoms with Crippen LogP contribution in [0.1, 0.15) is 65.3 Å². The van der Waals surface area contributed by atoms with Crippen LogP contribution in [0.15, 0.2) is 244 Å². The number of anilines is 1. The smallest absolute Gasteiger partial charge is 0.481 e. The lowest BCUT2D eigenvalue weighted by Crippen LogP contribution is -2.09. The number of ether oxygens (including phenoxy) is 2. The van der Waals surface area contributed by atoms with Crippen LogP contribution in [0.4, 0.5) is 40.2 Å². The van der Waals surface area contributed by atoms with Crippen molar-refractivity contribution in [1.82, 2.24) is 0 Å². The summed E-state index contributed by atoms with van der Waals surface area (Å²) >= 11 is 17.2. The predicted octanol–water partition coefficient (Wildman–Crippen LogP) is 21.0. The van der Waals surface area contributed by atoms with Gasteiger partial charge < -0.3 is 54.0 Å². The Morgan fingerprint density at radius 1 is 0.543 bits per heavy atom. The third-order valence-corrected chi connectivity index (χ3v) is 13.9. The number of ketones is 1. The summed E-state index contributed by atoms with van der Waals surface area (Å²) < 4.78 is 101. The number of hydrogen-bond acceptors (Lipinski definition) is 8. The Bertz CT molecular complexity index is 3740. The van der Waals surface area contributed by atoms with E-state index in [1.165, 1.54) is 25.1 Å². The largest absolute Gasteiger partial charge is 0.673 e. The molecule has 0 amide bonds. The van der Waals surface area contributed by atoms with Crippen molar-refractivity contribution < 1.29 is 82.1 Å². The number of carboxylic acid groups (broad SMARTS) is 1. The molecule has 11 nitrogen and oxygen atoms in total. The van der Waals surface area contributed by atoms with Crippen LogP contribution < -0.4 is 4.90 Å². The lowest BCUT2D eigenvalue weighted by Gasteiger charge is -2.18. The average molecular weight is 1630 g/mol. The van der Waals surface area contributed by atoms with Gasteiger partial charge in [0.1, 0.15) is 31.9 Å². The fourth-order valence-corrected chi connectivity index (χ4v) is 8.49. The number of nitrogens with zero attached hydrogens (tertiary/aromatic N) is 2. The van der Waals surface area contributed by atoms with Gasteiger partial charge in [-0.2, -0.15) is 0 Å². The van der Waals surface area contributed by atoms with Crippen LogP contribution in [-0.2, 0) is 23.9 Å². The summed E-state index contributed by atoms with van der Waals surface area (Å²) in [7, 11) is -3.98. The maximum atomic E-state index is 10.7. The summed E-state index contributed by atoms with van der Waals surface area (Å²) in [5.41, 5.74) is 11.6. The Morgan fingerprint density at radius 2 is 0.936 bits per heavy atom. The first-order valence-electron chi connectivity index (χ1n) is 27.4. The van der Waals surface area contributed by atoms with E-state index in [1.54, 1.807) is 19.1 Å². The van der Waals surface area contributed by atoms with Crippen molar-refractivity contribution in [3.05, 3.63) is 268 Å². The third kappa shape index (κ3) is 37.1. The van der Waals surface area contributed by atoms with Crippen LogP contribution in [0.25, 0.3) is 33.8 Å². The second-order valence-electron chi connectivity index (χ2n) is 19.5. The molecule has 0 unspecified atom stereocenters. The minimum absolute atomic E-state index is 0.104. The molecule has 496 valence electrons. The van der Waals surface area contributed by atoms with Crippen molar-refractivity contribution in [2.75, 3.05) is 33.1 Å². The molecule has 6 aromatic carbocycles. The number of allylic oxidation sites excluding steroid dienone is 10. The fourth-order valence-electron chi connectivity index (χ4n) is 7.17. The molecule has 9 rings (SSSR count). The van der Waals surface area contributed by atoms with Crippen LogP contribution in [0.5, 0.6) is 0 Å². The van der Waals surface area contributed by atoms with E-state index in [1.807, 2.05) is 131 Å². The number of benzene rings is 6. The van der Waals surface area contributed by atoms with Gasteiger partial charge in [0.05, 0.1) is 18.6 Å². The van der Waals surface area contributed by atoms with Crippen molar-refractivity contribution in [3.63, 3.8) is 0 Å². The Labute approximate surface area is 582 Å². The van der Waals surface area contributed by atoms with Gasteiger partial charge in [-0.15, -0.1) is 0 Å². The number of carbonyl (C=O) groups is 5. The first-order valence-corrected chi connectivity index (χ1v) is 31.4. The summed E-state index contributed by atoms with van der Waals surface area (Å²) in [4.78, 5) is 51.6. The van der Waals surface area contributed by atoms with E-state index in [2.05, 4.69) is 192 Å². The van der Waals surface area contributed by atoms with Gasteiger partial charge >= 0.3 is 38.0 Å². The molecular weight excluding hydrogens is 1560 g/mol. The van der Waals surface area contributed by atoms with Crippen LogP contribution in [0, 0.1) is 6.92 Å². The highest BCUT2D eigenvalue weighted by Gasteiger charge is 2.22. The standard InChI is InChI=1S/C27H22Br2NO.C18H13Br2O.C9H11NO.C8H7BrO.C4H6O3.C2H4O2.2BF4/c1-30(2)25-14-3-19(4-15-25)5-16-26-17-22(20-6-10-23(28)11-7-20)18-27(31-26)21-8-12-24(29)13-9-21;1-12-10-15(13-2-6-16(19)7-3-13)11-18(21-12)14-4-8-17(20)9-5-14;1-10(2)9-5-3-8(7-11)4-6-9;1-6(10)7-2-4-8(9)5-3-7;1-3(5)7-4(2)6;1-2(3)4;2*2-1(3,4)5/h3-18H,1-2H3;2-11H,1H3;3-7H,1-2H3;2-5H,1H3;1-2H3;1H3,(H,3,4);;/q2*+1;;;;;2*-1. The second-order valence-corrected chi connectivity index (χ2v) is 24.1. The van der Waals surface area contributed by atoms with E-state index in [4.69, 9.17) is 19.1 Å². The van der Waals surface area contributed by atoms with Crippen molar-refractivity contribution >= 4 is 147 Å². The number of aldehydes is 1. The monoisotopic (exact) mass is 1620 g/mol. The fraction of sp³-hybridized carbons (Fsp3) is 0.132. The van der Waals surface area contributed by atoms with Crippen LogP contribution in [0.3, 0.4) is 0 Å². The molecule has 0 spiro atoms. The lowest BCUT2D eigenvalue weighted by atomic mass is 10.0. The molecule has 0 bridgehead atoms. The zero-order valence-corrected chi connectivity index (χ0v) is 59.8. The molecule has 0 fully saturated rings. The Kier molecular flexibility index (Phi) is 36.5. The summed E-state index contributed by atoms with van der Waals surface area (Å²) in [5, 5.41) is 7.42. The Balaban J connectivity index is 0.000000411. The Morgan fingerprint density at radius 3 is 1.31 bits per heavy atom. The molecule has 0 atom stereocenters. The van der Waals surface area contributed by atoms with E-state index in [9.17, 15) is 53.7 Å². The van der Waals surface area contributed by atoms with Gasteiger partial charge in [-0.1, -0.05) is 134 Å². The molecule has 1 N–H and O–H groups in total. The van der Waals surface area contributed by atoms with Crippen molar-refractivity contribution in [2.45, 2.75) is 34.6 Å². The highest BCUT2D eigenvalue weighted by atomic mass is 79.9. The third-order valence-electron chi connectivity index (χ3n) is 11.3. The van der Waals surface area contributed by atoms with Crippen molar-refractivity contribution in [1.29, 1.82) is 0 Å². The molecule has 1 aliphatic carbocycles. The maximum Gasteiger partial charge on any atom is 0.673 e. The van der Waals surface area contributed by atoms with E-state index in [0.717, 1.165) is 109 Å². The highest BCUT2D eigenvalue weighted by Crippen LogP contribution is 2.34. The summed E-state index contributed by atoms with van der Waals surface area (Å²) in [6.07, 6.45) is 17.6. The number of esters is 2. The van der Waals surface area contributed by atoms with E-state index >= 15 is 0 Å². The van der Waals surface area contributed by atoms with E-state index in [0.29, 0.717) is 0 Å². The molecular formula is C68H63B2Br5F8N2O9. The van der Waals surface area contributed by atoms with Gasteiger partial charge in [-0.05, 0) is 157 Å². The first-order chi connectivity index (χ1) is 43.9. The number of Topliss-reactive ketones (excluding diaryl/α,β-unsaturated/α-hetero) is 1. The normalized spacial score (nSPS) is 12.1. The van der Waals surface area contributed by atoms with Gasteiger partial charge in [0.25, 0.3) is 5.97 Å². The number of rotatable bonds is 8. The van der Waals surface area contributed by atoms with E-state index < -0.39 is 32.4 Å². The molecule has 1 aliphatic heterocycles.